The predicted molar refractivity (Wildman–Crippen MR) is 100 cm³/mol. The van der Waals surface area contributed by atoms with Crippen LogP contribution in [0.5, 0.6) is 0 Å². The number of thiazole rings is 1. The summed E-state index contributed by atoms with van der Waals surface area (Å²) in [7, 11) is 0. The topological polar surface area (TPSA) is 53.9 Å². The number of anilines is 2. The van der Waals surface area contributed by atoms with Gasteiger partial charge >= 0.3 is 0 Å². The lowest BCUT2D eigenvalue weighted by molar-refractivity contribution is 0.186. The third-order valence-electron chi connectivity index (χ3n) is 4.43. The molecule has 0 amide bonds. The van der Waals surface area contributed by atoms with Crippen molar-refractivity contribution < 1.29 is 0 Å². The zero-order valence-electron chi connectivity index (χ0n) is 14.5. The van der Waals surface area contributed by atoms with Crippen LogP contribution in [-0.4, -0.2) is 32.9 Å². The number of hydrogen-bond donors (Lipinski definition) is 1. The van der Waals surface area contributed by atoms with Crippen molar-refractivity contribution in [1.29, 1.82) is 0 Å². The molecular formula is C17H24ClN5S. The molecule has 7 heteroatoms. The Bertz CT molecular complexity index is 694. The molecule has 1 N–H and O–H groups in total. The van der Waals surface area contributed by atoms with Crippen LogP contribution in [-0.2, 0) is 13.0 Å². The Morgan fingerprint density at radius 3 is 2.75 bits per heavy atom. The van der Waals surface area contributed by atoms with Gasteiger partial charge in [0.15, 0.2) is 5.13 Å². The van der Waals surface area contributed by atoms with Crippen LogP contribution in [0, 0.1) is 12.8 Å². The van der Waals surface area contributed by atoms with E-state index in [2.05, 4.69) is 39.0 Å². The Labute approximate surface area is 152 Å². The van der Waals surface area contributed by atoms with Crippen molar-refractivity contribution in [3.63, 3.8) is 0 Å². The first kappa shape index (κ1) is 17.6. The molecule has 2 aromatic heterocycles. The van der Waals surface area contributed by atoms with Crippen LogP contribution < -0.4 is 5.32 Å². The number of rotatable bonds is 5. The van der Waals surface area contributed by atoms with Crippen LogP contribution in [0.25, 0.3) is 0 Å². The SMILES string of the molecule is CCc1nc(Cl)cc(Nc2nc(C)c(CN3CCC(C)CC3)s2)n1. The number of piperidine rings is 1. The second-order valence-electron chi connectivity index (χ2n) is 6.46. The molecule has 0 aromatic carbocycles. The van der Waals surface area contributed by atoms with Gasteiger partial charge in [-0.3, -0.25) is 4.90 Å². The maximum atomic E-state index is 6.06. The zero-order chi connectivity index (χ0) is 17.1. The van der Waals surface area contributed by atoms with E-state index in [4.69, 9.17) is 11.6 Å². The van der Waals surface area contributed by atoms with Crippen LogP contribution in [0.1, 0.15) is 43.1 Å². The van der Waals surface area contributed by atoms with Crippen molar-refractivity contribution in [3.05, 3.63) is 27.6 Å². The number of hydrogen-bond acceptors (Lipinski definition) is 6. The maximum Gasteiger partial charge on any atom is 0.188 e. The summed E-state index contributed by atoms with van der Waals surface area (Å²) in [6.07, 6.45) is 3.34. The lowest BCUT2D eigenvalue weighted by Gasteiger charge is -2.29. The Hall–Kier alpha value is -1.24. The van der Waals surface area contributed by atoms with Gasteiger partial charge in [-0.25, -0.2) is 15.0 Å². The fraction of sp³-hybridized carbons (Fsp3) is 0.588. The molecule has 130 valence electrons. The third kappa shape index (κ3) is 4.43. The molecule has 0 saturated carbocycles. The molecule has 1 aliphatic rings. The molecule has 0 unspecified atom stereocenters. The van der Waals surface area contributed by atoms with Gasteiger partial charge in [0.2, 0.25) is 0 Å². The standard InChI is InChI=1S/C17H24ClN5S/c1-4-15-20-14(18)9-16(21-15)22-17-19-12(3)13(24-17)10-23-7-5-11(2)6-8-23/h9,11H,4-8,10H2,1-3H3,(H,19,20,21,22). The fourth-order valence-electron chi connectivity index (χ4n) is 2.85. The van der Waals surface area contributed by atoms with E-state index in [0.29, 0.717) is 11.0 Å². The van der Waals surface area contributed by atoms with E-state index in [9.17, 15) is 0 Å². The van der Waals surface area contributed by atoms with Crippen molar-refractivity contribution in [2.24, 2.45) is 5.92 Å². The molecule has 0 spiro atoms. The number of nitrogens with zero attached hydrogens (tertiary/aromatic N) is 4. The predicted octanol–water partition coefficient (Wildman–Crippen LogP) is 4.43. The molecular weight excluding hydrogens is 342 g/mol. The second-order valence-corrected chi connectivity index (χ2v) is 7.93. The summed E-state index contributed by atoms with van der Waals surface area (Å²) < 4.78 is 0. The molecule has 5 nitrogen and oxygen atoms in total. The number of halogens is 1. The van der Waals surface area contributed by atoms with E-state index in [-0.39, 0.29) is 0 Å². The Morgan fingerprint density at radius 1 is 1.29 bits per heavy atom. The molecule has 2 aromatic rings. The zero-order valence-corrected chi connectivity index (χ0v) is 16.0. The lowest BCUT2D eigenvalue weighted by atomic mass is 9.99. The monoisotopic (exact) mass is 365 g/mol. The van der Waals surface area contributed by atoms with E-state index in [1.54, 1.807) is 17.4 Å². The van der Waals surface area contributed by atoms with E-state index < -0.39 is 0 Å². The smallest absolute Gasteiger partial charge is 0.188 e. The van der Waals surface area contributed by atoms with E-state index >= 15 is 0 Å². The van der Waals surface area contributed by atoms with Gasteiger partial charge in [-0.15, -0.1) is 11.3 Å². The minimum absolute atomic E-state index is 0.459. The highest BCUT2D eigenvalue weighted by atomic mass is 35.5. The van der Waals surface area contributed by atoms with Crippen LogP contribution in [0.3, 0.4) is 0 Å². The molecule has 3 rings (SSSR count). The molecule has 0 atom stereocenters. The Morgan fingerprint density at radius 2 is 2.04 bits per heavy atom. The first-order chi connectivity index (χ1) is 11.5. The van der Waals surface area contributed by atoms with Crippen LogP contribution in [0.15, 0.2) is 6.07 Å². The molecule has 1 fully saturated rings. The molecule has 0 aliphatic carbocycles. The number of aromatic nitrogens is 3. The van der Waals surface area contributed by atoms with Crippen molar-refractivity contribution >= 4 is 33.9 Å². The number of likely N-dealkylation sites (tertiary alicyclic amines) is 1. The maximum absolute atomic E-state index is 6.06. The van der Waals surface area contributed by atoms with Crippen molar-refractivity contribution in [1.82, 2.24) is 19.9 Å². The van der Waals surface area contributed by atoms with E-state index in [0.717, 1.165) is 35.5 Å². The minimum atomic E-state index is 0.459. The average molecular weight is 366 g/mol. The van der Waals surface area contributed by atoms with Gasteiger partial charge in [-0.05, 0) is 38.8 Å². The Kier molecular flexibility index (Phi) is 5.69. The molecule has 0 bridgehead atoms. The quantitative estimate of drug-likeness (QED) is 0.794. The van der Waals surface area contributed by atoms with Crippen LogP contribution >= 0.6 is 22.9 Å². The van der Waals surface area contributed by atoms with Gasteiger partial charge in [-0.2, -0.15) is 0 Å². The highest BCUT2D eigenvalue weighted by molar-refractivity contribution is 7.15. The molecule has 1 aliphatic heterocycles. The minimum Gasteiger partial charge on any atom is -0.316 e. The first-order valence-electron chi connectivity index (χ1n) is 8.52. The summed E-state index contributed by atoms with van der Waals surface area (Å²) in [5.74, 6) is 2.30. The van der Waals surface area contributed by atoms with Crippen LogP contribution in [0.4, 0.5) is 10.9 Å². The molecule has 0 radical (unpaired) electrons. The summed E-state index contributed by atoms with van der Waals surface area (Å²) in [6.45, 7) is 9.79. The van der Waals surface area contributed by atoms with Gasteiger partial charge in [0.1, 0.15) is 16.8 Å². The van der Waals surface area contributed by atoms with E-state index in [1.165, 1.54) is 30.8 Å². The summed E-state index contributed by atoms with van der Waals surface area (Å²) >= 11 is 7.76. The first-order valence-corrected chi connectivity index (χ1v) is 9.72. The summed E-state index contributed by atoms with van der Waals surface area (Å²) in [6, 6.07) is 1.74. The lowest BCUT2D eigenvalue weighted by Crippen LogP contribution is -2.32. The van der Waals surface area contributed by atoms with Gasteiger partial charge in [0, 0.05) is 23.9 Å². The van der Waals surface area contributed by atoms with Crippen molar-refractivity contribution in [2.75, 3.05) is 18.4 Å². The summed E-state index contributed by atoms with van der Waals surface area (Å²) in [5.41, 5.74) is 1.09. The fourth-order valence-corrected chi connectivity index (χ4v) is 4.06. The Balaban J connectivity index is 1.68. The summed E-state index contributed by atoms with van der Waals surface area (Å²) in [4.78, 5) is 17.2. The normalized spacial score (nSPS) is 16.5. The van der Waals surface area contributed by atoms with Gasteiger partial charge < -0.3 is 5.32 Å². The molecule has 1 saturated heterocycles. The highest BCUT2D eigenvalue weighted by Crippen LogP contribution is 2.28. The van der Waals surface area contributed by atoms with Crippen molar-refractivity contribution in [3.8, 4) is 0 Å². The average Bonchev–Trinajstić information content (AvgIpc) is 2.88. The highest BCUT2D eigenvalue weighted by Gasteiger charge is 2.18. The number of aryl methyl sites for hydroxylation is 2. The molecule has 24 heavy (non-hydrogen) atoms. The third-order valence-corrected chi connectivity index (χ3v) is 5.68. The van der Waals surface area contributed by atoms with E-state index in [1.807, 2.05) is 6.92 Å². The largest absolute Gasteiger partial charge is 0.316 e. The van der Waals surface area contributed by atoms with Gasteiger partial charge in [0.05, 0.1) is 5.69 Å². The van der Waals surface area contributed by atoms with Gasteiger partial charge in [-0.1, -0.05) is 25.4 Å². The van der Waals surface area contributed by atoms with Crippen molar-refractivity contribution in [2.45, 2.75) is 46.6 Å². The summed E-state index contributed by atoms with van der Waals surface area (Å²) in [5, 5.41) is 4.60. The second kappa shape index (κ2) is 7.76. The molecule has 3 heterocycles. The van der Waals surface area contributed by atoms with Gasteiger partial charge in [0.25, 0.3) is 0 Å². The number of nitrogens with one attached hydrogen (secondary N) is 1. The van der Waals surface area contributed by atoms with Crippen LogP contribution in [0.2, 0.25) is 5.15 Å².